The van der Waals surface area contributed by atoms with Crippen molar-refractivity contribution in [3.05, 3.63) is 50.1 Å². The number of carbonyl (C=O) groups excluding carboxylic acids is 1. The molecule has 1 aromatic heterocycles. The van der Waals surface area contributed by atoms with E-state index in [4.69, 9.17) is 5.73 Å². The van der Waals surface area contributed by atoms with Gasteiger partial charge < -0.3 is 5.73 Å². The molecule has 1 heterocycles. The quantitative estimate of drug-likeness (QED) is 0.679. The maximum atomic E-state index is 12.1. The van der Waals surface area contributed by atoms with Gasteiger partial charge in [-0.05, 0) is 52.0 Å². The van der Waals surface area contributed by atoms with Gasteiger partial charge in [0.2, 0.25) is 0 Å². The molecule has 0 saturated carbocycles. The Morgan fingerprint density at radius 3 is 2.69 bits per heavy atom. The smallest absolute Gasteiger partial charge is 0.194 e. The van der Waals surface area contributed by atoms with Gasteiger partial charge in [-0.1, -0.05) is 0 Å². The van der Waals surface area contributed by atoms with Crippen LogP contribution in [-0.2, 0) is 0 Å². The molecule has 0 bridgehead atoms. The van der Waals surface area contributed by atoms with Crippen LogP contribution in [0.25, 0.3) is 0 Å². The SMILES string of the molecule is Cc1cscc1C(=O)c1ccc(N)c(Br)c1. The highest BCUT2D eigenvalue weighted by Crippen LogP contribution is 2.24. The lowest BCUT2D eigenvalue weighted by Crippen LogP contribution is -2.02. The van der Waals surface area contributed by atoms with Gasteiger partial charge >= 0.3 is 0 Å². The number of anilines is 1. The zero-order valence-corrected chi connectivity index (χ0v) is 11.1. The van der Waals surface area contributed by atoms with E-state index in [0.717, 1.165) is 15.6 Å². The summed E-state index contributed by atoms with van der Waals surface area (Å²) in [6, 6.07) is 5.24. The van der Waals surface area contributed by atoms with Crippen molar-refractivity contribution in [1.29, 1.82) is 0 Å². The standard InChI is InChI=1S/C12H10BrNOS/c1-7-5-16-6-9(7)12(15)8-2-3-11(14)10(13)4-8/h2-6H,14H2,1H3. The Labute approximate surface area is 106 Å². The number of hydrogen-bond acceptors (Lipinski definition) is 3. The van der Waals surface area contributed by atoms with Gasteiger partial charge in [0, 0.05) is 26.7 Å². The number of nitrogens with two attached hydrogens (primary N) is 1. The predicted molar refractivity (Wildman–Crippen MR) is 71.0 cm³/mol. The fraction of sp³-hybridized carbons (Fsp3) is 0.0833. The second-order valence-electron chi connectivity index (χ2n) is 3.53. The summed E-state index contributed by atoms with van der Waals surface area (Å²) in [5, 5.41) is 3.85. The van der Waals surface area contributed by atoms with Crippen LogP contribution in [0.5, 0.6) is 0 Å². The van der Waals surface area contributed by atoms with Crippen LogP contribution < -0.4 is 5.73 Å². The Morgan fingerprint density at radius 1 is 1.38 bits per heavy atom. The summed E-state index contributed by atoms with van der Waals surface area (Å²) in [6.07, 6.45) is 0. The molecule has 0 atom stereocenters. The molecule has 0 spiro atoms. The molecule has 0 radical (unpaired) electrons. The molecule has 2 aromatic rings. The summed E-state index contributed by atoms with van der Waals surface area (Å²) >= 11 is 4.86. The molecule has 0 aliphatic carbocycles. The van der Waals surface area contributed by atoms with Crippen molar-refractivity contribution in [2.24, 2.45) is 0 Å². The topological polar surface area (TPSA) is 43.1 Å². The molecule has 0 saturated heterocycles. The van der Waals surface area contributed by atoms with Crippen LogP contribution in [0, 0.1) is 6.92 Å². The summed E-state index contributed by atoms with van der Waals surface area (Å²) in [5.41, 5.74) is 8.76. The average Bonchev–Trinajstić information content (AvgIpc) is 2.67. The van der Waals surface area contributed by atoms with Gasteiger partial charge in [0.25, 0.3) is 0 Å². The fourth-order valence-corrected chi connectivity index (χ4v) is 2.62. The molecule has 1 aromatic carbocycles. The maximum absolute atomic E-state index is 12.1. The first kappa shape index (κ1) is 11.4. The predicted octanol–water partition coefficient (Wildman–Crippen LogP) is 3.63. The number of thiophene rings is 1. The van der Waals surface area contributed by atoms with Crippen molar-refractivity contribution >= 4 is 38.7 Å². The van der Waals surface area contributed by atoms with Crippen molar-refractivity contribution < 1.29 is 4.79 Å². The first-order valence-corrected chi connectivity index (χ1v) is 6.45. The monoisotopic (exact) mass is 295 g/mol. The normalized spacial score (nSPS) is 10.4. The van der Waals surface area contributed by atoms with E-state index in [1.54, 1.807) is 18.2 Å². The number of nitrogen functional groups attached to an aromatic ring is 1. The van der Waals surface area contributed by atoms with Crippen molar-refractivity contribution in [1.82, 2.24) is 0 Å². The lowest BCUT2D eigenvalue weighted by atomic mass is 10.0. The van der Waals surface area contributed by atoms with Crippen LogP contribution in [0.2, 0.25) is 0 Å². The van der Waals surface area contributed by atoms with Crippen LogP contribution in [0.15, 0.2) is 33.4 Å². The van der Waals surface area contributed by atoms with Crippen LogP contribution in [0.1, 0.15) is 21.5 Å². The van der Waals surface area contributed by atoms with Gasteiger partial charge in [-0.3, -0.25) is 4.79 Å². The lowest BCUT2D eigenvalue weighted by Gasteiger charge is -2.03. The molecular weight excluding hydrogens is 286 g/mol. The molecule has 0 aliphatic heterocycles. The molecule has 2 rings (SSSR count). The molecule has 16 heavy (non-hydrogen) atoms. The number of aryl methyl sites for hydroxylation is 1. The van der Waals surface area contributed by atoms with E-state index < -0.39 is 0 Å². The minimum absolute atomic E-state index is 0.0412. The van der Waals surface area contributed by atoms with Crippen molar-refractivity contribution in [3.63, 3.8) is 0 Å². The molecule has 0 amide bonds. The molecule has 4 heteroatoms. The van der Waals surface area contributed by atoms with Gasteiger partial charge in [0.1, 0.15) is 0 Å². The second-order valence-corrected chi connectivity index (χ2v) is 5.13. The highest BCUT2D eigenvalue weighted by Gasteiger charge is 2.13. The van der Waals surface area contributed by atoms with E-state index in [0.29, 0.717) is 11.3 Å². The first-order chi connectivity index (χ1) is 7.59. The van der Waals surface area contributed by atoms with Crippen LogP contribution >= 0.6 is 27.3 Å². The third-order valence-electron chi connectivity index (χ3n) is 2.36. The largest absolute Gasteiger partial charge is 0.398 e. The number of hydrogen-bond donors (Lipinski definition) is 1. The zero-order valence-electron chi connectivity index (χ0n) is 8.66. The number of halogens is 1. The van der Waals surface area contributed by atoms with Gasteiger partial charge in [-0.2, -0.15) is 11.3 Å². The lowest BCUT2D eigenvalue weighted by molar-refractivity contribution is 0.103. The second kappa shape index (κ2) is 4.39. The van der Waals surface area contributed by atoms with E-state index in [1.807, 2.05) is 17.7 Å². The number of carbonyl (C=O) groups is 1. The zero-order chi connectivity index (χ0) is 11.7. The Hall–Kier alpha value is -1.13. The number of benzene rings is 1. The molecule has 2 nitrogen and oxygen atoms in total. The van der Waals surface area contributed by atoms with Crippen molar-refractivity contribution in [2.45, 2.75) is 6.92 Å². The third-order valence-corrected chi connectivity index (χ3v) is 3.91. The van der Waals surface area contributed by atoms with E-state index in [-0.39, 0.29) is 5.78 Å². The Balaban J connectivity index is 2.42. The van der Waals surface area contributed by atoms with E-state index >= 15 is 0 Å². The fourth-order valence-electron chi connectivity index (χ4n) is 1.42. The van der Waals surface area contributed by atoms with E-state index in [2.05, 4.69) is 15.9 Å². The molecule has 82 valence electrons. The van der Waals surface area contributed by atoms with Crippen LogP contribution in [0.3, 0.4) is 0 Å². The van der Waals surface area contributed by atoms with Crippen LogP contribution in [0.4, 0.5) is 5.69 Å². The van der Waals surface area contributed by atoms with Gasteiger partial charge in [0.05, 0.1) is 0 Å². The summed E-state index contributed by atoms with van der Waals surface area (Å²) in [7, 11) is 0. The summed E-state index contributed by atoms with van der Waals surface area (Å²) in [4.78, 5) is 12.1. The molecule has 2 N–H and O–H groups in total. The summed E-state index contributed by atoms with van der Waals surface area (Å²) < 4.78 is 0.756. The highest BCUT2D eigenvalue weighted by atomic mass is 79.9. The number of ketones is 1. The third kappa shape index (κ3) is 2.03. The highest BCUT2D eigenvalue weighted by molar-refractivity contribution is 9.10. The van der Waals surface area contributed by atoms with E-state index in [1.165, 1.54) is 11.3 Å². The van der Waals surface area contributed by atoms with Crippen molar-refractivity contribution in [2.75, 3.05) is 5.73 Å². The van der Waals surface area contributed by atoms with Crippen LogP contribution in [-0.4, -0.2) is 5.78 Å². The Bertz CT molecular complexity index is 548. The summed E-state index contributed by atoms with van der Waals surface area (Å²) in [5.74, 6) is 0.0412. The molecular formula is C12H10BrNOS. The van der Waals surface area contributed by atoms with Crippen molar-refractivity contribution in [3.8, 4) is 0 Å². The molecule has 0 fully saturated rings. The van der Waals surface area contributed by atoms with Gasteiger partial charge in [-0.25, -0.2) is 0 Å². The Kier molecular flexibility index (Phi) is 3.12. The van der Waals surface area contributed by atoms with E-state index in [9.17, 15) is 4.79 Å². The average molecular weight is 296 g/mol. The van der Waals surface area contributed by atoms with Gasteiger partial charge in [0.15, 0.2) is 5.78 Å². The number of rotatable bonds is 2. The maximum Gasteiger partial charge on any atom is 0.194 e. The molecule has 0 unspecified atom stereocenters. The minimum Gasteiger partial charge on any atom is -0.398 e. The van der Waals surface area contributed by atoms with Gasteiger partial charge in [-0.15, -0.1) is 0 Å². The molecule has 0 aliphatic rings. The minimum atomic E-state index is 0.0412. The first-order valence-electron chi connectivity index (χ1n) is 4.72. The summed E-state index contributed by atoms with van der Waals surface area (Å²) in [6.45, 7) is 1.94. The Morgan fingerprint density at radius 2 is 2.12 bits per heavy atom.